The second-order valence-corrected chi connectivity index (χ2v) is 5.62. The molecule has 0 spiro atoms. The highest BCUT2D eigenvalue weighted by Gasteiger charge is 2.09. The number of carbonyl (C=O) groups excluding carboxylic acids is 1. The third kappa shape index (κ3) is 4.17. The molecule has 3 nitrogen and oxygen atoms in total. The van der Waals surface area contributed by atoms with Crippen molar-refractivity contribution in [3.05, 3.63) is 52.0 Å². The minimum Gasteiger partial charge on any atom is -0.350 e. The summed E-state index contributed by atoms with van der Waals surface area (Å²) in [4.78, 5) is 16.2. The lowest BCUT2D eigenvalue weighted by Gasteiger charge is -2.13. The van der Waals surface area contributed by atoms with Gasteiger partial charge in [-0.05, 0) is 25.8 Å². The van der Waals surface area contributed by atoms with E-state index in [9.17, 15) is 4.79 Å². The van der Waals surface area contributed by atoms with Crippen LogP contribution in [0.5, 0.6) is 0 Å². The molecule has 0 saturated heterocycles. The summed E-state index contributed by atoms with van der Waals surface area (Å²) in [5.74, 6) is 0.0713. The van der Waals surface area contributed by atoms with E-state index in [1.165, 1.54) is 0 Å². The molecule has 1 aromatic heterocycles. The number of aryl methyl sites for hydroxylation is 2. The number of hydrogen-bond acceptors (Lipinski definition) is 3. The molecule has 0 aliphatic carbocycles. The fourth-order valence-electron chi connectivity index (χ4n) is 1.90. The molecule has 1 atom stereocenters. The van der Waals surface area contributed by atoms with Gasteiger partial charge in [0.15, 0.2) is 0 Å². The average molecular weight is 274 g/mol. The van der Waals surface area contributed by atoms with E-state index in [0.717, 1.165) is 16.3 Å². The van der Waals surface area contributed by atoms with Crippen molar-refractivity contribution in [2.24, 2.45) is 0 Å². The van der Waals surface area contributed by atoms with Crippen LogP contribution < -0.4 is 5.32 Å². The number of amides is 1. The van der Waals surface area contributed by atoms with Gasteiger partial charge in [0.1, 0.15) is 0 Å². The summed E-state index contributed by atoms with van der Waals surface area (Å²) >= 11 is 1.62. The van der Waals surface area contributed by atoms with Gasteiger partial charge in [0, 0.05) is 11.8 Å². The van der Waals surface area contributed by atoms with E-state index in [1.54, 1.807) is 11.3 Å². The van der Waals surface area contributed by atoms with E-state index in [4.69, 9.17) is 0 Å². The highest BCUT2D eigenvalue weighted by Crippen LogP contribution is 2.12. The number of thiazole rings is 1. The highest BCUT2D eigenvalue weighted by atomic mass is 32.1. The lowest BCUT2D eigenvalue weighted by Crippen LogP contribution is -2.26. The maximum Gasteiger partial charge on any atom is 0.220 e. The second kappa shape index (κ2) is 6.48. The minimum absolute atomic E-state index is 0.0471. The van der Waals surface area contributed by atoms with E-state index >= 15 is 0 Å². The Balaban J connectivity index is 1.81. The molecule has 1 aromatic carbocycles. The Morgan fingerprint density at radius 3 is 2.74 bits per heavy atom. The van der Waals surface area contributed by atoms with Gasteiger partial charge in [0.2, 0.25) is 5.91 Å². The molecule has 100 valence electrons. The maximum atomic E-state index is 11.9. The summed E-state index contributed by atoms with van der Waals surface area (Å²) in [6, 6.07) is 10.0. The molecule has 4 heteroatoms. The fraction of sp³-hybridized carbons (Fsp3) is 0.333. The smallest absolute Gasteiger partial charge is 0.220 e. The zero-order valence-corrected chi connectivity index (χ0v) is 12.0. The summed E-state index contributed by atoms with van der Waals surface area (Å²) in [6.07, 6.45) is 1.19. The summed E-state index contributed by atoms with van der Waals surface area (Å²) in [6.45, 7) is 3.98. The topological polar surface area (TPSA) is 42.0 Å². The van der Waals surface area contributed by atoms with Crippen LogP contribution in [0.15, 0.2) is 35.7 Å². The molecule has 0 aliphatic rings. The first-order chi connectivity index (χ1) is 9.15. The standard InChI is InChI=1S/C15H18N2OS/c1-11(13-6-4-3-5-7-13)16-15(18)9-8-14-10-19-12(2)17-14/h3-7,10-11H,8-9H2,1-2H3,(H,16,18). The van der Waals surface area contributed by atoms with E-state index in [2.05, 4.69) is 10.3 Å². The van der Waals surface area contributed by atoms with E-state index < -0.39 is 0 Å². The molecule has 1 heterocycles. The predicted octanol–water partition coefficient (Wildman–Crippen LogP) is 3.26. The molecule has 2 rings (SSSR count). The first kappa shape index (κ1) is 13.7. The summed E-state index contributed by atoms with van der Waals surface area (Å²) in [5.41, 5.74) is 2.13. The first-order valence-electron chi connectivity index (χ1n) is 6.40. The largest absolute Gasteiger partial charge is 0.350 e. The van der Waals surface area contributed by atoms with Gasteiger partial charge < -0.3 is 5.32 Å². The van der Waals surface area contributed by atoms with Crippen molar-refractivity contribution < 1.29 is 4.79 Å². The number of nitrogens with one attached hydrogen (secondary N) is 1. The molecule has 0 saturated carbocycles. The molecule has 19 heavy (non-hydrogen) atoms. The van der Waals surface area contributed by atoms with Crippen molar-refractivity contribution in [3.63, 3.8) is 0 Å². The van der Waals surface area contributed by atoms with Gasteiger partial charge in [0.05, 0.1) is 16.7 Å². The zero-order valence-electron chi connectivity index (χ0n) is 11.2. The van der Waals surface area contributed by atoms with Crippen LogP contribution >= 0.6 is 11.3 Å². The van der Waals surface area contributed by atoms with Crippen molar-refractivity contribution in [2.45, 2.75) is 32.7 Å². The lowest BCUT2D eigenvalue weighted by molar-refractivity contribution is -0.121. The molecule has 0 aliphatic heterocycles. The Hall–Kier alpha value is -1.68. The molecule has 0 bridgehead atoms. The van der Waals surface area contributed by atoms with E-state index in [1.807, 2.05) is 49.6 Å². The van der Waals surface area contributed by atoms with Crippen LogP contribution in [0.1, 0.15) is 35.7 Å². The van der Waals surface area contributed by atoms with Crippen molar-refractivity contribution >= 4 is 17.2 Å². The number of rotatable bonds is 5. The SMILES string of the molecule is Cc1nc(CCC(=O)NC(C)c2ccccc2)cs1. The number of hydrogen-bond donors (Lipinski definition) is 1. The van der Waals surface area contributed by atoms with Gasteiger partial charge in [-0.1, -0.05) is 30.3 Å². The molecule has 1 amide bonds. The Morgan fingerprint density at radius 2 is 2.11 bits per heavy atom. The summed E-state index contributed by atoms with van der Waals surface area (Å²) < 4.78 is 0. The molecule has 0 fully saturated rings. The third-order valence-electron chi connectivity index (χ3n) is 2.95. The Kier molecular flexibility index (Phi) is 4.68. The van der Waals surface area contributed by atoms with Crippen LogP contribution in [-0.4, -0.2) is 10.9 Å². The monoisotopic (exact) mass is 274 g/mol. The first-order valence-corrected chi connectivity index (χ1v) is 7.28. The van der Waals surface area contributed by atoms with Gasteiger partial charge in [-0.25, -0.2) is 4.98 Å². The maximum absolute atomic E-state index is 11.9. The second-order valence-electron chi connectivity index (χ2n) is 4.56. The molecular weight excluding hydrogens is 256 g/mol. The number of carbonyl (C=O) groups is 1. The zero-order chi connectivity index (χ0) is 13.7. The summed E-state index contributed by atoms with van der Waals surface area (Å²) in [5, 5.41) is 6.08. The highest BCUT2D eigenvalue weighted by molar-refractivity contribution is 7.09. The molecule has 2 aromatic rings. The van der Waals surface area contributed by atoms with Crippen LogP contribution in [0.25, 0.3) is 0 Å². The third-order valence-corrected chi connectivity index (χ3v) is 3.77. The van der Waals surface area contributed by atoms with Gasteiger partial charge in [0.25, 0.3) is 0 Å². The van der Waals surface area contributed by atoms with Crippen LogP contribution in [0.3, 0.4) is 0 Å². The lowest BCUT2D eigenvalue weighted by atomic mass is 10.1. The van der Waals surface area contributed by atoms with E-state index in [0.29, 0.717) is 12.8 Å². The summed E-state index contributed by atoms with van der Waals surface area (Å²) in [7, 11) is 0. The number of benzene rings is 1. The van der Waals surface area contributed by atoms with Crippen LogP contribution in [0.4, 0.5) is 0 Å². The normalized spacial score (nSPS) is 12.1. The van der Waals surface area contributed by atoms with Gasteiger partial charge >= 0.3 is 0 Å². The molecular formula is C15H18N2OS. The molecule has 1 N–H and O–H groups in total. The van der Waals surface area contributed by atoms with E-state index in [-0.39, 0.29) is 11.9 Å². The van der Waals surface area contributed by atoms with Crippen LogP contribution in [0.2, 0.25) is 0 Å². The Morgan fingerprint density at radius 1 is 1.37 bits per heavy atom. The Bertz CT molecular complexity index is 536. The number of nitrogens with zero attached hydrogens (tertiary/aromatic N) is 1. The van der Waals surface area contributed by atoms with Crippen molar-refractivity contribution in [2.75, 3.05) is 0 Å². The molecule has 1 unspecified atom stereocenters. The van der Waals surface area contributed by atoms with Gasteiger partial charge in [-0.15, -0.1) is 11.3 Å². The van der Waals surface area contributed by atoms with Crippen molar-refractivity contribution in [1.82, 2.24) is 10.3 Å². The van der Waals surface area contributed by atoms with Crippen molar-refractivity contribution in [3.8, 4) is 0 Å². The number of aromatic nitrogens is 1. The minimum atomic E-state index is 0.0471. The van der Waals surface area contributed by atoms with Crippen LogP contribution in [0, 0.1) is 6.92 Å². The Labute approximate surface area is 117 Å². The van der Waals surface area contributed by atoms with Crippen LogP contribution in [-0.2, 0) is 11.2 Å². The average Bonchev–Trinajstić information content (AvgIpc) is 2.83. The van der Waals surface area contributed by atoms with Gasteiger partial charge in [-0.3, -0.25) is 4.79 Å². The van der Waals surface area contributed by atoms with Gasteiger partial charge in [-0.2, -0.15) is 0 Å². The predicted molar refractivity (Wildman–Crippen MR) is 78.2 cm³/mol. The quantitative estimate of drug-likeness (QED) is 0.909. The fourth-order valence-corrected chi connectivity index (χ4v) is 2.55. The molecule has 0 radical (unpaired) electrons. The van der Waals surface area contributed by atoms with Crippen molar-refractivity contribution in [1.29, 1.82) is 0 Å².